The molecule has 0 spiro atoms. The molecule has 3 rings (SSSR count). The summed E-state index contributed by atoms with van der Waals surface area (Å²) in [6.07, 6.45) is -0.428. The van der Waals surface area contributed by atoms with Gasteiger partial charge in [0.15, 0.2) is 0 Å². The molecule has 25 heavy (non-hydrogen) atoms. The zero-order valence-corrected chi connectivity index (χ0v) is 15.2. The number of ether oxygens (including phenoxy) is 1. The van der Waals surface area contributed by atoms with E-state index in [0.717, 1.165) is 38.5 Å². The van der Waals surface area contributed by atoms with Crippen molar-refractivity contribution in [1.29, 1.82) is 0 Å². The smallest absolute Gasteiger partial charge is 0.137 e. The van der Waals surface area contributed by atoms with Crippen LogP contribution in [0.1, 0.15) is 11.1 Å². The summed E-state index contributed by atoms with van der Waals surface area (Å²) in [5, 5.41) is 10.3. The van der Waals surface area contributed by atoms with Crippen LogP contribution in [0.15, 0.2) is 48.5 Å². The standard InChI is InChI=1S/C21H28N2O2/c1-17-3-7-19(8-4-17)23-13-11-22(12-14-23)15-20(24)16-25-21-9-5-18(2)6-10-21/h3-10,20,24H,11-16H2,1-2H3/p+1/t20-/m1/s1. The van der Waals surface area contributed by atoms with Gasteiger partial charge in [0, 0.05) is 5.69 Å². The largest absolute Gasteiger partial charge is 0.491 e. The quantitative estimate of drug-likeness (QED) is 0.835. The Morgan fingerprint density at radius 2 is 1.52 bits per heavy atom. The number of benzene rings is 2. The van der Waals surface area contributed by atoms with E-state index in [2.05, 4.69) is 43.0 Å². The third kappa shape index (κ3) is 5.21. The molecule has 0 aliphatic carbocycles. The average molecular weight is 341 g/mol. The summed E-state index contributed by atoms with van der Waals surface area (Å²) in [4.78, 5) is 3.88. The molecule has 134 valence electrons. The lowest BCUT2D eigenvalue weighted by molar-refractivity contribution is -0.903. The molecule has 0 unspecified atom stereocenters. The molecule has 0 saturated carbocycles. The van der Waals surface area contributed by atoms with Gasteiger partial charge in [-0.05, 0) is 38.1 Å². The highest BCUT2D eigenvalue weighted by Gasteiger charge is 2.22. The van der Waals surface area contributed by atoms with Crippen LogP contribution < -0.4 is 14.5 Å². The Bertz CT molecular complexity index is 647. The van der Waals surface area contributed by atoms with Crippen molar-refractivity contribution in [2.45, 2.75) is 20.0 Å². The SMILES string of the molecule is Cc1ccc(OC[C@H](O)C[NH+]2CCN(c3ccc(C)cc3)CC2)cc1. The molecular formula is C21H29N2O2+. The molecule has 1 fully saturated rings. The second-order valence-corrected chi connectivity index (χ2v) is 7.05. The number of rotatable bonds is 6. The van der Waals surface area contributed by atoms with E-state index in [0.29, 0.717) is 6.61 Å². The maximum atomic E-state index is 10.3. The molecule has 1 atom stereocenters. The van der Waals surface area contributed by atoms with Crippen LogP contribution in [0.4, 0.5) is 5.69 Å². The Kier molecular flexibility index (Phi) is 5.95. The lowest BCUT2D eigenvalue weighted by Crippen LogP contribution is -3.16. The van der Waals surface area contributed by atoms with E-state index in [-0.39, 0.29) is 0 Å². The fourth-order valence-corrected chi connectivity index (χ4v) is 3.26. The van der Waals surface area contributed by atoms with Crippen LogP contribution in [0, 0.1) is 13.8 Å². The molecule has 1 saturated heterocycles. The van der Waals surface area contributed by atoms with E-state index in [1.165, 1.54) is 21.7 Å². The van der Waals surface area contributed by atoms with E-state index in [1.54, 1.807) is 0 Å². The number of anilines is 1. The highest BCUT2D eigenvalue weighted by atomic mass is 16.5. The highest BCUT2D eigenvalue weighted by Crippen LogP contribution is 2.14. The summed E-state index contributed by atoms with van der Waals surface area (Å²) < 4.78 is 5.69. The molecule has 1 aliphatic rings. The van der Waals surface area contributed by atoms with Crippen LogP contribution in [0.3, 0.4) is 0 Å². The minimum atomic E-state index is -0.428. The molecule has 0 aromatic heterocycles. The Morgan fingerprint density at radius 1 is 0.960 bits per heavy atom. The van der Waals surface area contributed by atoms with E-state index in [4.69, 9.17) is 4.74 Å². The zero-order valence-electron chi connectivity index (χ0n) is 15.2. The van der Waals surface area contributed by atoms with E-state index in [9.17, 15) is 5.11 Å². The number of nitrogens with one attached hydrogen (secondary N) is 1. The number of hydrogen-bond acceptors (Lipinski definition) is 3. The molecule has 1 aliphatic heterocycles. The zero-order chi connectivity index (χ0) is 17.6. The Balaban J connectivity index is 1.40. The first-order valence-electron chi connectivity index (χ1n) is 9.13. The molecule has 0 amide bonds. The van der Waals surface area contributed by atoms with Crippen molar-refractivity contribution in [3.05, 3.63) is 59.7 Å². The molecule has 2 N–H and O–H groups in total. The molecule has 0 bridgehead atoms. The third-order valence-corrected chi connectivity index (χ3v) is 4.86. The lowest BCUT2D eigenvalue weighted by atomic mass is 10.2. The Morgan fingerprint density at radius 3 is 2.12 bits per heavy atom. The van der Waals surface area contributed by atoms with Crippen molar-refractivity contribution in [3.8, 4) is 5.75 Å². The van der Waals surface area contributed by atoms with Crippen molar-refractivity contribution in [2.24, 2.45) is 0 Å². The molecule has 4 heteroatoms. The first-order chi connectivity index (χ1) is 12.1. The second kappa shape index (κ2) is 8.37. The van der Waals surface area contributed by atoms with Crippen LogP contribution >= 0.6 is 0 Å². The summed E-state index contributed by atoms with van der Waals surface area (Å²) in [6, 6.07) is 16.7. The van der Waals surface area contributed by atoms with Crippen molar-refractivity contribution in [3.63, 3.8) is 0 Å². The van der Waals surface area contributed by atoms with Gasteiger partial charge in [0.05, 0.1) is 26.2 Å². The molecule has 2 aromatic rings. The molecule has 2 aromatic carbocycles. The predicted molar refractivity (Wildman–Crippen MR) is 102 cm³/mol. The molecule has 1 heterocycles. The monoisotopic (exact) mass is 341 g/mol. The van der Waals surface area contributed by atoms with Crippen molar-refractivity contribution < 1.29 is 14.7 Å². The van der Waals surface area contributed by atoms with Crippen molar-refractivity contribution >= 4 is 5.69 Å². The third-order valence-electron chi connectivity index (χ3n) is 4.86. The maximum absolute atomic E-state index is 10.3. The summed E-state index contributed by atoms with van der Waals surface area (Å²) in [6.45, 7) is 9.44. The van der Waals surface area contributed by atoms with Crippen LogP contribution in [-0.4, -0.2) is 50.5 Å². The maximum Gasteiger partial charge on any atom is 0.137 e. The normalized spacial score (nSPS) is 16.7. The fraction of sp³-hybridized carbons (Fsp3) is 0.429. The Hall–Kier alpha value is -2.04. The predicted octanol–water partition coefficient (Wildman–Crippen LogP) is 1.45. The summed E-state index contributed by atoms with van der Waals surface area (Å²) in [7, 11) is 0. The number of aryl methyl sites for hydroxylation is 2. The Labute approximate surface area is 150 Å². The topological polar surface area (TPSA) is 37.1 Å². The highest BCUT2D eigenvalue weighted by molar-refractivity contribution is 5.47. The summed E-state index contributed by atoms with van der Waals surface area (Å²) >= 11 is 0. The van der Waals surface area contributed by atoms with Gasteiger partial charge in [-0.15, -0.1) is 0 Å². The van der Waals surface area contributed by atoms with Crippen LogP contribution in [-0.2, 0) is 0 Å². The van der Waals surface area contributed by atoms with Gasteiger partial charge in [0.1, 0.15) is 25.0 Å². The average Bonchev–Trinajstić information content (AvgIpc) is 2.63. The first-order valence-corrected chi connectivity index (χ1v) is 9.13. The molecule has 4 nitrogen and oxygen atoms in total. The van der Waals surface area contributed by atoms with Crippen molar-refractivity contribution in [2.75, 3.05) is 44.2 Å². The van der Waals surface area contributed by atoms with Crippen LogP contribution in [0.2, 0.25) is 0 Å². The number of piperazine rings is 1. The number of aliphatic hydroxyl groups excluding tert-OH is 1. The van der Waals surface area contributed by atoms with Gasteiger partial charge in [0.2, 0.25) is 0 Å². The van der Waals surface area contributed by atoms with Gasteiger partial charge in [-0.2, -0.15) is 0 Å². The number of aliphatic hydroxyl groups is 1. The van der Waals surface area contributed by atoms with E-state index >= 15 is 0 Å². The second-order valence-electron chi connectivity index (χ2n) is 7.05. The van der Waals surface area contributed by atoms with Gasteiger partial charge in [-0.1, -0.05) is 35.4 Å². The van der Waals surface area contributed by atoms with Gasteiger partial charge in [0.25, 0.3) is 0 Å². The van der Waals surface area contributed by atoms with E-state index in [1.807, 2.05) is 24.3 Å². The number of nitrogens with zero attached hydrogens (tertiary/aromatic N) is 1. The van der Waals surface area contributed by atoms with Crippen LogP contribution in [0.25, 0.3) is 0 Å². The minimum absolute atomic E-state index is 0.355. The fourth-order valence-electron chi connectivity index (χ4n) is 3.26. The molecule has 0 radical (unpaired) electrons. The first kappa shape index (κ1) is 17.8. The van der Waals surface area contributed by atoms with Gasteiger partial charge in [-0.25, -0.2) is 0 Å². The van der Waals surface area contributed by atoms with Crippen molar-refractivity contribution in [1.82, 2.24) is 0 Å². The van der Waals surface area contributed by atoms with Gasteiger partial charge >= 0.3 is 0 Å². The molecular weight excluding hydrogens is 312 g/mol. The lowest BCUT2D eigenvalue weighted by Gasteiger charge is -2.34. The summed E-state index contributed by atoms with van der Waals surface area (Å²) in [5.74, 6) is 0.823. The van der Waals surface area contributed by atoms with Gasteiger partial charge in [-0.3, -0.25) is 0 Å². The number of hydrogen-bond donors (Lipinski definition) is 2. The van der Waals surface area contributed by atoms with Crippen LogP contribution in [0.5, 0.6) is 5.75 Å². The minimum Gasteiger partial charge on any atom is -0.491 e. The summed E-state index contributed by atoms with van der Waals surface area (Å²) in [5.41, 5.74) is 3.81. The number of quaternary nitrogens is 1. The van der Waals surface area contributed by atoms with Gasteiger partial charge < -0.3 is 19.6 Å². The van der Waals surface area contributed by atoms with E-state index < -0.39 is 6.10 Å².